The number of methoxy groups -OCH3 is 1. The Labute approximate surface area is 112 Å². The third-order valence-electron chi connectivity index (χ3n) is 3.59. The highest BCUT2D eigenvalue weighted by molar-refractivity contribution is 5.34. The molecule has 0 spiro atoms. The van der Waals surface area contributed by atoms with E-state index in [1.54, 1.807) is 7.11 Å². The average Bonchev–Trinajstić information content (AvgIpc) is 2.98. The predicted octanol–water partition coefficient (Wildman–Crippen LogP) is 1.74. The van der Waals surface area contributed by atoms with Crippen LogP contribution in [-0.2, 0) is 0 Å². The van der Waals surface area contributed by atoms with E-state index in [1.165, 1.54) is 18.5 Å². The minimum Gasteiger partial charge on any atom is -0.481 e. The smallest absolute Gasteiger partial charge is 0.213 e. The summed E-state index contributed by atoms with van der Waals surface area (Å²) in [5.74, 6) is 1.16. The monoisotopic (exact) mass is 258 g/mol. The van der Waals surface area contributed by atoms with E-state index in [4.69, 9.17) is 4.74 Å². The Kier molecular flexibility index (Phi) is 3.46. The quantitative estimate of drug-likeness (QED) is 0.911. The van der Waals surface area contributed by atoms with E-state index in [1.807, 2.05) is 30.9 Å². The second-order valence-corrected chi connectivity index (χ2v) is 4.79. The summed E-state index contributed by atoms with van der Waals surface area (Å²) in [5.41, 5.74) is 2.28. The van der Waals surface area contributed by atoms with Gasteiger partial charge in [-0.15, -0.1) is 0 Å². The number of ether oxygens (including phenoxy) is 1. The number of hydrogen-bond donors (Lipinski definition) is 1. The first-order valence-corrected chi connectivity index (χ1v) is 6.62. The molecule has 5 heteroatoms. The van der Waals surface area contributed by atoms with Crippen LogP contribution < -0.4 is 10.1 Å². The van der Waals surface area contributed by atoms with Gasteiger partial charge in [0.25, 0.3) is 0 Å². The van der Waals surface area contributed by atoms with Crippen molar-refractivity contribution >= 4 is 0 Å². The van der Waals surface area contributed by atoms with E-state index < -0.39 is 0 Å². The molecule has 3 heterocycles. The third kappa shape index (κ3) is 2.46. The van der Waals surface area contributed by atoms with E-state index >= 15 is 0 Å². The van der Waals surface area contributed by atoms with Gasteiger partial charge in [-0.3, -0.25) is 0 Å². The number of pyridine rings is 1. The lowest BCUT2D eigenvalue weighted by Gasteiger charge is -2.23. The van der Waals surface area contributed by atoms with Crippen molar-refractivity contribution in [3.63, 3.8) is 0 Å². The first-order chi connectivity index (χ1) is 9.38. The van der Waals surface area contributed by atoms with Gasteiger partial charge in [-0.1, -0.05) is 0 Å². The Morgan fingerprint density at radius 1 is 1.37 bits per heavy atom. The summed E-state index contributed by atoms with van der Waals surface area (Å²) >= 11 is 0. The molecular formula is C14H18N4O. The molecule has 0 radical (unpaired) electrons. The minimum atomic E-state index is 0.526. The van der Waals surface area contributed by atoms with E-state index in [9.17, 15) is 0 Å². The minimum absolute atomic E-state index is 0.526. The van der Waals surface area contributed by atoms with Crippen molar-refractivity contribution in [3.05, 3.63) is 36.5 Å². The number of hydrogen-bond acceptors (Lipinski definition) is 4. The molecule has 1 fully saturated rings. The van der Waals surface area contributed by atoms with Crippen LogP contribution >= 0.6 is 0 Å². The molecule has 0 bridgehead atoms. The molecule has 100 valence electrons. The van der Waals surface area contributed by atoms with Gasteiger partial charge < -0.3 is 14.6 Å². The molecule has 0 aromatic carbocycles. The van der Waals surface area contributed by atoms with E-state index in [0.717, 1.165) is 18.8 Å². The van der Waals surface area contributed by atoms with Gasteiger partial charge >= 0.3 is 0 Å². The standard InChI is InChI=1S/C14H18N4O/c1-19-14-5-4-12(8-17-14)18-10-16-9-13(18)11-3-2-6-15-7-11/h4-5,8-11,15H,2-3,6-7H2,1H3. The van der Waals surface area contributed by atoms with Crippen molar-refractivity contribution in [2.24, 2.45) is 0 Å². The lowest BCUT2D eigenvalue weighted by molar-refractivity contribution is 0.397. The Morgan fingerprint density at radius 2 is 2.32 bits per heavy atom. The third-order valence-corrected chi connectivity index (χ3v) is 3.59. The van der Waals surface area contributed by atoms with Crippen molar-refractivity contribution in [3.8, 4) is 11.6 Å². The van der Waals surface area contributed by atoms with Gasteiger partial charge in [0.1, 0.15) is 0 Å². The Balaban J connectivity index is 1.89. The lowest BCUT2D eigenvalue weighted by Crippen LogP contribution is -2.29. The van der Waals surface area contributed by atoms with Crippen LogP contribution in [-0.4, -0.2) is 34.7 Å². The number of piperidine rings is 1. The molecule has 2 aromatic rings. The second kappa shape index (κ2) is 5.40. The molecule has 2 aromatic heterocycles. The van der Waals surface area contributed by atoms with Gasteiger partial charge in [-0.2, -0.15) is 0 Å². The van der Waals surface area contributed by atoms with Crippen molar-refractivity contribution in [2.45, 2.75) is 18.8 Å². The molecule has 1 unspecified atom stereocenters. The second-order valence-electron chi connectivity index (χ2n) is 4.79. The fourth-order valence-electron chi connectivity index (χ4n) is 2.56. The summed E-state index contributed by atoms with van der Waals surface area (Å²) in [5, 5.41) is 3.44. The predicted molar refractivity (Wildman–Crippen MR) is 72.8 cm³/mol. The van der Waals surface area contributed by atoms with Crippen LogP contribution in [0.4, 0.5) is 0 Å². The summed E-state index contributed by atoms with van der Waals surface area (Å²) in [6.45, 7) is 2.14. The van der Waals surface area contributed by atoms with E-state index in [2.05, 4.69) is 19.9 Å². The highest BCUT2D eigenvalue weighted by Gasteiger charge is 2.19. The largest absolute Gasteiger partial charge is 0.481 e. The van der Waals surface area contributed by atoms with Crippen LogP contribution in [0.2, 0.25) is 0 Å². The fourth-order valence-corrected chi connectivity index (χ4v) is 2.56. The molecule has 19 heavy (non-hydrogen) atoms. The molecule has 0 aliphatic carbocycles. The first kappa shape index (κ1) is 12.2. The maximum atomic E-state index is 5.09. The number of nitrogens with one attached hydrogen (secondary N) is 1. The van der Waals surface area contributed by atoms with Crippen LogP contribution in [0.15, 0.2) is 30.9 Å². The topological polar surface area (TPSA) is 52.0 Å². The van der Waals surface area contributed by atoms with Gasteiger partial charge in [0.05, 0.1) is 25.3 Å². The van der Waals surface area contributed by atoms with Gasteiger partial charge in [0, 0.05) is 30.4 Å². The zero-order valence-electron chi connectivity index (χ0n) is 11.0. The molecular weight excluding hydrogens is 240 g/mol. The summed E-state index contributed by atoms with van der Waals surface area (Å²) in [6, 6.07) is 3.88. The average molecular weight is 258 g/mol. The number of nitrogens with zero attached hydrogens (tertiary/aromatic N) is 3. The Hall–Kier alpha value is -1.88. The van der Waals surface area contributed by atoms with Crippen LogP contribution in [0.25, 0.3) is 5.69 Å². The molecule has 1 aliphatic rings. The highest BCUT2D eigenvalue weighted by atomic mass is 16.5. The van der Waals surface area contributed by atoms with E-state index in [0.29, 0.717) is 11.8 Å². The normalized spacial score (nSPS) is 19.3. The van der Waals surface area contributed by atoms with Crippen LogP contribution in [0, 0.1) is 0 Å². The lowest BCUT2D eigenvalue weighted by atomic mass is 9.96. The fraction of sp³-hybridized carbons (Fsp3) is 0.429. The molecule has 0 amide bonds. The van der Waals surface area contributed by atoms with Crippen LogP contribution in [0.3, 0.4) is 0 Å². The van der Waals surface area contributed by atoms with Crippen molar-refractivity contribution in [2.75, 3.05) is 20.2 Å². The SMILES string of the molecule is COc1ccc(-n2cncc2C2CCCNC2)cn1. The summed E-state index contributed by atoms with van der Waals surface area (Å²) in [4.78, 5) is 8.55. The number of imidazole rings is 1. The first-order valence-electron chi connectivity index (χ1n) is 6.62. The highest BCUT2D eigenvalue weighted by Crippen LogP contribution is 2.25. The van der Waals surface area contributed by atoms with Crippen molar-refractivity contribution in [1.29, 1.82) is 0 Å². The zero-order valence-corrected chi connectivity index (χ0v) is 11.0. The van der Waals surface area contributed by atoms with Gasteiger partial charge in [0.15, 0.2) is 0 Å². The van der Waals surface area contributed by atoms with Crippen molar-refractivity contribution in [1.82, 2.24) is 19.9 Å². The summed E-state index contributed by atoms with van der Waals surface area (Å²) in [6.07, 6.45) is 8.06. The van der Waals surface area contributed by atoms with Gasteiger partial charge in [-0.05, 0) is 25.5 Å². The van der Waals surface area contributed by atoms with Gasteiger partial charge in [-0.25, -0.2) is 9.97 Å². The molecule has 5 nitrogen and oxygen atoms in total. The molecule has 1 aliphatic heterocycles. The number of rotatable bonds is 3. The summed E-state index contributed by atoms with van der Waals surface area (Å²) in [7, 11) is 1.62. The number of aromatic nitrogens is 3. The maximum Gasteiger partial charge on any atom is 0.213 e. The van der Waals surface area contributed by atoms with Gasteiger partial charge in [0.2, 0.25) is 5.88 Å². The van der Waals surface area contributed by atoms with Crippen LogP contribution in [0.1, 0.15) is 24.5 Å². The summed E-state index contributed by atoms with van der Waals surface area (Å²) < 4.78 is 7.20. The molecule has 0 saturated carbocycles. The molecule has 1 N–H and O–H groups in total. The Bertz CT molecular complexity index is 529. The van der Waals surface area contributed by atoms with Crippen molar-refractivity contribution < 1.29 is 4.74 Å². The Morgan fingerprint density at radius 3 is 3.00 bits per heavy atom. The molecule has 1 atom stereocenters. The van der Waals surface area contributed by atoms with Crippen LogP contribution in [0.5, 0.6) is 5.88 Å². The maximum absolute atomic E-state index is 5.09. The molecule has 1 saturated heterocycles. The molecule has 3 rings (SSSR count). The zero-order chi connectivity index (χ0) is 13.1. The van der Waals surface area contributed by atoms with E-state index in [-0.39, 0.29) is 0 Å².